The number of carbonyl (C=O) groups is 1. The van der Waals surface area contributed by atoms with Crippen molar-refractivity contribution in [3.05, 3.63) is 53.1 Å². The maximum atomic E-state index is 12.3. The van der Waals surface area contributed by atoms with Crippen LogP contribution in [0.2, 0.25) is 0 Å². The maximum absolute atomic E-state index is 12.3. The molecule has 2 heterocycles. The van der Waals surface area contributed by atoms with Crippen LogP contribution in [0.5, 0.6) is 0 Å². The Labute approximate surface area is 131 Å². The van der Waals surface area contributed by atoms with Gasteiger partial charge in [-0.15, -0.1) is 5.10 Å². The van der Waals surface area contributed by atoms with Gasteiger partial charge in [0.2, 0.25) is 5.91 Å². The number of nitrogens with zero attached hydrogens (tertiary/aromatic N) is 5. The van der Waals surface area contributed by atoms with Crippen LogP contribution in [0.1, 0.15) is 6.92 Å². The van der Waals surface area contributed by atoms with Gasteiger partial charge in [-0.05, 0) is 25.1 Å². The van der Waals surface area contributed by atoms with Gasteiger partial charge >= 0.3 is 0 Å². The van der Waals surface area contributed by atoms with Crippen molar-refractivity contribution in [2.24, 2.45) is 0 Å². The molecule has 0 bridgehead atoms. The molecular formula is C15H16N6O2. The molecule has 1 atom stereocenters. The highest BCUT2D eigenvalue weighted by Gasteiger charge is 2.12. The SMILES string of the molecule is CC(Cn1cccn1)NC(=O)Cn1nnc2ccccc2c1=O. The van der Waals surface area contributed by atoms with Crippen molar-refractivity contribution in [3.63, 3.8) is 0 Å². The predicted molar refractivity (Wildman–Crippen MR) is 83.6 cm³/mol. The smallest absolute Gasteiger partial charge is 0.278 e. The lowest BCUT2D eigenvalue weighted by Gasteiger charge is -2.14. The van der Waals surface area contributed by atoms with Gasteiger partial charge in [0.15, 0.2) is 0 Å². The highest BCUT2D eigenvalue weighted by Crippen LogP contribution is 2.03. The van der Waals surface area contributed by atoms with E-state index < -0.39 is 0 Å². The molecule has 0 aliphatic heterocycles. The molecule has 2 aromatic heterocycles. The second-order valence-corrected chi connectivity index (χ2v) is 5.27. The Bertz CT molecular complexity index is 871. The van der Waals surface area contributed by atoms with Gasteiger partial charge in [-0.25, -0.2) is 4.68 Å². The Morgan fingerprint density at radius 2 is 2.13 bits per heavy atom. The molecule has 0 fully saturated rings. The molecule has 8 nitrogen and oxygen atoms in total. The number of carbonyl (C=O) groups excluding carboxylic acids is 1. The van der Waals surface area contributed by atoms with Gasteiger partial charge in [-0.2, -0.15) is 5.10 Å². The van der Waals surface area contributed by atoms with Gasteiger partial charge in [0.25, 0.3) is 5.56 Å². The molecule has 0 aliphatic carbocycles. The average molecular weight is 312 g/mol. The quantitative estimate of drug-likeness (QED) is 0.726. The van der Waals surface area contributed by atoms with E-state index in [9.17, 15) is 9.59 Å². The van der Waals surface area contributed by atoms with Crippen molar-refractivity contribution in [2.75, 3.05) is 0 Å². The topological polar surface area (TPSA) is 94.7 Å². The standard InChI is InChI=1S/C15H16N6O2/c1-11(9-20-8-4-7-16-20)17-14(22)10-21-15(23)12-5-2-3-6-13(12)18-19-21/h2-8,11H,9-10H2,1H3,(H,17,22). The van der Waals surface area contributed by atoms with Crippen LogP contribution in [0.15, 0.2) is 47.5 Å². The van der Waals surface area contributed by atoms with Gasteiger partial charge in [0, 0.05) is 18.4 Å². The Balaban J connectivity index is 1.68. The van der Waals surface area contributed by atoms with Crippen LogP contribution in [0.25, 0.3) is 10.9 Å². The van der Waals surface area contributed by atoms with E-state index in [1.165, 1.54) is 0 Å². The summed E-state index contributed by atoms with van der Waals surface area (Å²) in [5.74, 6) is -0.295. The zero-order valence-corrected chi connectivity index (χ0v) is 12.6. The number of fused-ring (bicyclic) bond motifs is 1. The Morgan fingerprint density at radius 3 is 2.91 bits per heavy atom. The second-order valence-electron chi connectivity index (χ2n) is 5.27. The summed E-state index contributed by atoms with van der Waals surface area (Å²) in [4.78, 5) is 24.3. The van der Waals surface area contributed by atoms with Crippen LogP contribution in [-0.2, 0) is 17.9 Å². The van der Waals surface area contributed by atoms with Crippen LogP contribution in [0, 0.1) is 0 Å². The van der Waals surface area contributed by atoms with Gasteiger partial charge in [0.1, 0.15) is 12.1 Å². The second kappa shape index (κ2) is 6.39. The number of rotatable bonds is 5. The molecule has 8 heteroatoms. The van der Waals surface area contributed by atoms with E-state index >= 15 is 0 Å². The van der Waals surface area contributed by atoms with Gasteiger partial charge < -0.3 is 5.32 Å². The normalized spacial score (nSPS) is 12.2. The number of aromatic nitrogens is 5. The summed E-state index contributed by atoms with van der Waals surface area (Å²) in [5, 5.41) is 15.1. The first-order valence-corrected chi connectivity index (χ1v) is 7.23. The van der Waals surface area contributed by atoms with Gasteiger partial charge in [-0.1, -0.05) is 17.3 Å². The fourth-order valence-corrected chi connectivity index (χ4v) is 2.32. The Kier molecular flexibility index (Phi) is 4.13. The minimum absolute atomic E-state index is 0.119. The molecule has 0 spiro atoms. The minimum atomic E-state index is -0.328. The van der Waals surface area contributed by atoms with E-state index in [-0.39, 0.29) is 24.1 Å². The Hall–Kier alpha value is -3.03. The van der Waals surface area contributed by atoms with E-state index in [0.717, 1.165) is 4.68 Å². The first-order valence-electron chi connectivity index (χ1n) is 7.23. The van der Waals surface area contributed by atoms with Crippen molar-refractivity contribution in [2.45, 2.75) is 26.1 Å². The third kappa shape index (κ3) is 3.42. The molecule has 1 aromatic carbocycles. The average Bonchev–Trinajstić information content (AvgIpc) is 3.03. The maximum Gasteiger partial charge on any atom is 0.278 e. The molecule has 3 rings (SSSR count). The van der Waals surface area contributed by atoms with E-state index in [2.05, 4.69) is 20.7 Å². The molecule has 1 amide bonds. The summed E-state index contributed by atoms with van der Waals surface area (Å²) < 4.78 is 2.80. The molecular weight excluding hydrogens is 296 g/mol. The Morgan fingerprint density at radius 1 is 1.30 bits per heavy atom. The number of benzene rings is 1. The summed E-state index contributed by atoms with van der Waals surface area (Å²) >= 11 is 0. The molecule has 23 heavy (non-hydrogen) atoms. The van der Waals surface area contributed by atoms with E-state index in [1.54, 1.807) is 35.1 Å². The highest BCUT2D eigenvalue weighted by atomic mass is 16.2. The van der Waals surface area contributed by atoms with E-state index in [4.69, 9.17) is 0 Å². The zero-order valence-electron chi connectivity index (χ0n) is 12.6. The van der Waals surface area contributed by atoms with Crippen LogP contribution < -0.4 is 10.9 Å². The minimum Gasteiger partial charge on any atom is -0.350 e. The van der Waals surface area contributed by atoms with Gasteiger partial charge in [-0.3, -0.25) is 14.3 Å². The molecule has 0 aliphatic rings. The third-order valence-corrected chi connectivity index (χ3v) is 3.35. The summed E-state index contributed by atoms with van der Waals surface area (Å²) in [5.41, 5.74) is 0.187. The lowest BCUT2D eigenvalue weighted by Crippen LogP contribution is -2.40. The summed E-state index contributed by atoms with van der Waals surface area (Å²) in [7, 11) is 0. The number of hydrogen-bond acceptors (Lipinski definition) is 5. The van der Waals surface area contributed by atoms with Crippen molar-refractivity contribution < 1.29 is 4.79 Å². The molecule has 3 aromatic rings. The lowest BCUT2D eigenvalue weighted by molar-refractivity contribution is -0.122. The lowest BCUT2D eigenvalue weighted by atomic mass is 10.2. The predicted octanol–water partition coefficient (Wildman–Crippen LogP) is 0.193. The first kappa shape index (κ1) is 14.9. The van der Waals surface area contributed by atoms with Crippen LogP contribution in [0.4, 0.5) is 0 Å². The molecule has 1 N–H and O–H groups in total. The number of nitrogens with one attached hydrogen (secondary N) is 1. The monoisotopic (exact) mass is 312 g/mol. The van der Waals surface area contributed by atoms with Crippen LogP contribution >= 0.6 is 0 Å². The fraction of sp³-hybridized carbons (Fsp3) is 0.267. The van der Waals surface area contributed by atoms with Crippen LogP contribution in [-0.4, -0.2) is 36.7 Å². The summed E-state index contributed by atoms with van der Waals surface area (Å²) in [6.07, 6.45) is 3.50. The van der Waals surface area contributed by atoms with Crippen molar-refractivity contribution in [1.82, 2.24) is 30.1 Å². The number of amides is 1. The highest BCUT2D eigenvalue weighted by molar-refractivity contribution is 5.78. The van der Waals surface area contributed by atoms with E-state index in [1.807, 2.05) is 19.2 Å². The molecule has 0 saturated heterocycles. The molecule has 1 unspecified atom stereocenters. The number of hydrogen-bond donors (Lipinski definition) is 1. The van der Waals surface area contributed by atoms with E-state index in [0.29, 0.717) is 17.4 Å². The fourth-order valence-electron chi connectivity index (χ4n) is 2.32. The van der Waals surface area contributed by atoms with Gasteiger partial charge in [0.05, 0.1) is 11.9 Å². The molecule has 0 radical (unpaired) electrons. The van der Waals surface area contributed by atoms with Crippen molar-refractivity contribution in [1.29, 1.82) is 0 Å². The first-order chi connectivity index (χ1) is 11.1. The van der Waals surface area contributed by atoms with Crippen LogP contribution in [0.3, 0.4) is 0 Å². The summed E-state index contributed by atoms with van der Waals surface area (Å²) in [6.45, 7) is 2.26. The van der Waals surface area contributed by atoms with Crippen molar-refractivity contribution in [3.8, 4) is 0 Å². The third-order valence-electron chi connectivity index (χ3n) is 3.35. The zero-order chi connectivity index (χ0) is 16.2. The molecule has 118 valence electrons. The van der Waals surface area contributed by atoms with Crippen molar-refractivity contribution >= 4 is 16.8 Å². The summed E-state index contributed by atoms with van der Waals surface area (Å²) in [6, 6.07) is 8.61. The largest absolute Gasteiger partial charge is 0.350 e. The molecule has 0 saturated carbocycles.